The Morgan fingerprint density at radius 2 is 2.26 bits per heavy atom. The molecule has 19 heavy (non-hydrogen) atoms. The Labute approximate surface area is 114 Å². The van der Waals surface area contributed by atoms with E-state index < -0.39 is 0 Å². The van der Waals surface area contributed by atoms with Crippen molar-refractivity contribution in [1.29, 1.82) is 0 Å². The van der Waals surface area contributed by atoms with Gasteiger partial charge < -0.3 is 5.32 Å². The molecule has 0 saturated carbocycles. The van der Waals surface area contributed by atoms with Gasteiger partial charge in [0.1, 0.15) is 5.82 Å². The molecular formula is C12H13FN4OS. The predicted octanol–water partition coefficient (Wildman–Crippen LogP) is 1.84. The zero-order valence-corrected chi connectivity index (χ0v) is 11.1. The molecule has 2 aromatic rings. The fourth-order valence-electron chi connectivity index (χ4n) is 1.45. The predicted molar refractivity (Wildman–Crippen MR) is 71.2 cm³/mol. The number of aromatic amines is 1. The zero-order valence-electron chi connectivity index (χ0n) is 10.3. The SMILES string of the molecule is CC(=O)NCCSc1n[nH]c(-c2ccccc2F)n1. The van der Waals surface area contributed by atoms with Gasteiger partial charge in [0.25, 0.3) is 0 Å². The molecule has 1 heterocycles. The molecule has 0 fully saturated rings. The minimum absolute atomic E-state index is 0.0670. The number of benzene rings is 1. The van der Waals surface area contributed by atoms with Crippen molar-refractivity contribution in [1.82, 2.24) is 20.5 Å². The molecule has 1 aromatic carbocycles. The third-order valence-corrected chi connectivity index (χ3v) is 3.15. The molecule has 2 N–H and O–H groups in total. The zero-order chi connectivity index (χ0) is 13.7. The lowest BCUT2D eigenvalue weighted by atomic mass is 10.2. The van der Waals surface area contributed by atoms with Gasteiger partial charge in [-0.2, -0.15) is 0 Å². The van der Waals surface area contributed by atoms with E-state index in [9.17, 15) is 9.18 Å². The van der Waals surface area contributed by atoms with Crippen LogP contribution in [-0.4, -0.2) is 33.4 Å². The lowest BCUT2D eigenvalue weighted by Crippen LogP contribution is -2.22. The Bertz CT molecular complexity index is 572. The van der Waals surface area contributed by atoms with Crippen LogP contribution in [0.15, 0.2) is 29.4 Å². The highest BCUT2D eigenvalue weighted by molar-refractivity contribution is 7.99. The van der Waals surface area contributed by atoms with Crippen LogP contribution in [-0.2, 0) is 4.79 Å². The van der Waals surface area contributed by atoms with Crippen molar-refractivity contribution >= 4 is 17.7 Å². The summed E-state index contributed by atoms with van der Waals surface area (Å²) < 4.78 is 13.5. The van der Waals surface area contributed by atoms with Gasteiger partial charge in [0.15, 0.2) is 5.82 Å². The van der Waals surface area contributed by atoms with E-state index >= 15 is 0 Å². The smallest absolute Gasteiger partial charge is 0.216 e. The summed E-state index contributed by atoms with van der Waals surface area (Å²) in [6, 6.07) is 6.38. The van der Waals surface area contributed by atoms with Crippen LogP contribution < -0.4 is 5.32 Å². The van der Waals surface area contributed by atoms with Crippen molar-refractivity contribution in [2.24, 2.45) is 0 Å². The van der Waals surface area contributed by atoms with Crippen molar-refractivity contribution in [3.8, 4) is 11.4 Å². The third kappa shape index (κ3) is 3.78. The molecule has 0 unspecified atom stereocenters. The Morgan fingerprint density at radius 3 is 3.00 bits per heavy atom. The van der Waals surface area contributed by atoms with Gasteiger partial charge in [-0.1, -0.05) is 23.9 Å². The molecular weight excluding hydrogens is 267 g/mol. The number of rotatable bonds is 5. The number of carbonyl (C=O) groups excluding carboxylic acids is 1. The van der Waals surface area contributed by atoms with Gasteiger partial charge >= 0.3 is 0 Å². The van der Waals surface area contributed by atoms with Crippen molar-refractivity contribution < 1.29 is 9.18 Å². The number of aromatic nitrogens is 3. The molecule has 0 bridgehead atoms. The van der Waals surface area contributed by atoms with E-state index in [2.05, 4.69) is 20.5 Å². The topological polar surface area (TPSA) is 70.7 Å². The first-order chi connectivity index (χ1) is 9.16. The van der Waals surface area contributed by atoms with Crippen molar-refractivity contribution in [3.63, 3.8) is 0 Å². The summed E-state index contributed by atoms with van der Waals surface area (Å²) in [5, 5.41) is 9.91. The number of H-pyrrole nitrogens is 1. The second-order valence-electron chi connectivity index (χ2n) is 3.78. The quantitative estimate of drug-likeness (QED) is 0.647. The highest BCUT2D eigenvalue weighted by atomic mass is 32.2. The average molecular weight is 280 g/mol. The molecule has 0 radical (unpaired) electrons. The number of hydrogen-bond acceptors (Lipinski definition) is 4. The molecule has 0 atom stereocenters. The van der Waals surface area contributed by atoms with E-state index in [-0.39, 0.29) is 11.7 Å². The molecule has 0 aliphatic heterocycles. The average Bonchev–Trinajstić information content (AvgIpc) is 2.83. The number of hydrogen-bond donors (Lipinski definition) is 2. The van der Waals surface area contributed by atoms with Gasteiger partial charge in [-0.05, 0) is 12.1 Å². The highest BCUT2D eigenvalue weighted by Crippen LogP contribution is 2.21. The van der Waals surface area contributed by atoms with Gasteiger partial charge in [0, 0.05) is 19.2 Å². The maximum atomic E-state index is 13.5. The van der Waals surface area contributed by atoms with Crippen LogP contribution in [0.25, 0.3) is 11.4 Å². The Kier molecular flexibility index (Phi) is 4.51. The largest absolute Gasteiger partial charge is 0.356 e. The van der Waals surface area contributed by atoms with Gasteiger partial charge in [-0.15, -0.1) is 5.10 Å². The van der Waals surface area contributed by atoms with Crippen molar-refractivity contribution in [3.05, 3.63) is 30.1 Å². The van der Waals surface area contributed by atoms with E-state index in [1.54, 1.807) is 18.2 Å². The molecule has 5 nitrogen and oxygen atoms in total. The van der Waals surface area contributed by atoms with E-state index in [0.29, 0.717) is 28.8 Å². The summed E-state index contributed by atoms with van der Waals surface area (Å²) in [6.45, 7) is 2.01. The van der Waals surface area contributed by atoms with Crippen LogP contribution in [0.5, 0.6) is 0 Å². The first-order valence-corrected chi connectivity index (χ1v) is 6.70. The van der Waals surface area contributed by atoms with Crippen LogP contribution in [0.3, 0.4) is 0 Å². The number of carbonyl (C=O) groups is 1. The van der Waals surface area contributed by atoms with E-state index in [0.717, 1.165) is 0 Å². The first kappa shape index (κ1) is 13.5. The molecule has 0 aliphatic carbocycles. The fourth-order valence-corrected chi connectivity index (χ4v) is 2.11. The molecule has 0 spiro atoms. The van der Waals surface area contributed by atoms with Gasteiger partial charge in [0.05, 0.1) is 5.56 Å². The maximum Gasteiger partial charge on any atom is 0.216 e. The fraction of sp³-hybridized carbons (Fsp3) is 0.250. The Morgan fingerprint density at radius 1 is 1.47 bits per heavy atom. The van der Waals surface area contributed by atoms with Crippen LogP contribution in [0, 0.1) is 5.82 Å². The highest BCUT2D eigenvalue weighted by Gasteiger charge is 2.09. The Hall–Kier alpha value is -1.89. The molecule has 0 saturated heterocycles. The molecule has 100 valence electrons. The Balaban J connectivity index is 1.96. The number of thioether (sulfide) groups is 1. The second-order valence-corrected chi connectivity index (χ2v) is 4.84. The van der Waals surface area contributed by atoms with E-state index in [4.69, 9.17) is 0 Å². The standard InChI is InChI=1S/C12H13FN4OS/c1-8(18)14-6-7-19-12-15-11(16-17-12)9-4-2-3-5-10(9)13/h2-5H,6-7H2,1H3,(H,14,18)(H,15,16,17). The van der Waals surface area contributed by atoms with Crippen LogP contribution in [0.2, 0.25) is 0 Å². The molecule has 1 amide bonds. The second kappa shape index (κ2) is 6.33. The van der Waals surface area contributed by atoms with Crippen LogP contribution >= 0.6 is 11.8 Å². The third-order valence-electron chi connectivity index (χ3n) is 2.30. The molecule has 2 rings (SSSR count). The molecule has 0 aliphatic rings. The van der Waals surface area contributed by atoms with Gasteiger partial charge in [-0.3, -0.25) is 9.89 Å². The van der Waals surface area contributed by atoms with Crippen molar-refractivity contribution in [2.45, 2.75) is 12.1 Å². The lowest BCUT2D eigenvalue weighted by molar-refractivity contribution is -0.118. The molecule has 7 heteroatoms. The van der Waals surface area contributed by atoms with E-state index in [1.165, 1.54) is 24.8 Å². The van der Waals surface area contributed by atoms with Gasteiger partial charge in [0.2, 0.25) is 11.1 Å². The number of nitrogens with zero attached hydrogens (tertiary/aromatic N) is 2. The summed E-state index contributed by atoms with van der Waals surface area (Å²) in [5.41, 5.74) is 0.392. The monoisotopic (exact) mass is 280 g/mol. The van der Waals surface area contributed by atoms with Crippen molar-refractivity contribution in [2.75, 3.05) is 12.3 Å². The summed E-state index contributed by atoms with van der Waals surface area (Å²) in [7, 11) is 0. The maximum absolute atomic E-state index is 13.5. The van der Waals surface area contributed by atoms with Gasteiger partial charge in [-0.25, -0.2) is 9.37 Å². The minimum Gasteiger partial charge on any atom is -0.356 e. The summed E-state index contributed by atoms with van der Waals surface area (Å²) in [4.78, 5) is 14.9. The summed E-state index contributed by atoms with van der Waals surface area (Å²) >= 11 is 1.39. The van der Waals surface area contributed by atoms with E-state index in [1.807, 2.05) is 0 Å². The van der Waals surface area contributed by atoms with Crippen LogP contribution in [0.4, 0.5) is 4.39 Å². The normalized spacial score (nSPS) is 10.4. The first-order valence-electron chi connectivity index (χ1n) is 5.71. The summed E-state index contributed by atoms with van der Waals surface area (Å²) in [5.74, 6) is 0.657. The molecule has 1 aromatic heterocycles. The lowest BCUT2D eigenvalue weighted by Gasteiger charge is -1.98. The summed E-state index contributed by atoms with van der Waals surface area (Å²) in [6.07, 6.45) is 0. The number of nitrogens with one attached hydrogen (secondary N) is 2. The number of halogens is 1. The number of amides is 1. The minimum atomic E-state index is -0.339. The van der Waals surface area contributed by atoms with Crippen LogP contribution in [0.1, 0.15) is 6.92 Å².